The van der Waals surface area contributed by atoms with Gasteiger partial charge in [0, 0.05) is 0 Å². The molecule has 64 valence electrons. The van der Waals surface area contributed by atoms with Crippen LogP contribution in [0.5, 0.6) is 0 Å². The average molecular weight is 156 g/mol. The molecule has 2 nitrogen and oxygen atoms in total. The second kappa shape index (κ2) is 4.94. The average Bonchev–Trinajstić information content (AvgIpc) is 1.99. The van der Waals surface area contributed by atoms with Gasteiger partial charge in [0.1, 0.15) is 13.1 Å². The van der Waals surface area contributed by atoms with Crippen molar-refractivity contribution >= 4 is 6.21 Å². The molecule has 0 bridgehead atoms. The number of rotatable bonds is 3. The molecule has 0 unspecified atom stereocenters. The van der Waals surface area contributed by atoms with Crippen LogP contribution < -0.4 is 0 Å². The van der Waals surface area contributed by atoms with Gasteiger partial charge >= 0.3 is 0 Å². The highest BCUT2D eigenvalue weighted by Gasteiger charge is 2.03. The predicted octanol–water partition coefficient (Wildman–Crippen LogP) is 1.66. The second-order valence-electron chi connectivity index (χ2n) is 2.78. The normalized spacial score (nSPS) is 14.0. The Bertz CT molecular complexity index is 168. The smallest absolute Gasteiger partial charge is 0.205 e. The number of ether oxygens (including phenoxy) is 1. The minimum absolute atomic E-state index is 0.514. The molecule has 0 radical (unpaired) electrons. The molecule has 0 heterocycles. The lowest BCUT2D eigenvalue weighted by Crippen LogP contribution is -2.17. The van der Waals surface area contributed by atoms with Crippen molar-refractivity contribution in [2.24, 2.45) is 0 Å². The summed E-state index contributed by atoms with van der Waals surface area (Å²) in [6, 6.07) is 0.514. The molecule has 0 fully saturated rings. The zero-order chi connectivity index (χ0) is 8.85. The first-order valence-corrected chi connectivity index (χ1v) is 3.89. The predicted molar refractivity (Wildman–Crippen MR) is 48.2 cm³/mol. The van der Waals surface area contributed by atoms with Crippen molar-refractivity contribution in [3.63, 3.8) is 0 Å². The fourth-order valence-corrected chi connectivity index (χ4v) is 0.595. The Morgan fingerprint density at radius 1 is 1.45 bits per heavy atom. The van der Waals surface area contributed by atoms with Gasteiger partial charge in [-0.25, -0.2) is 4.58 Å². The van der Waals surface area contributed by atoms with Crippen molar-refractivity contribution in [3.8, 4) is 0 Å². The molecule has 0 amide bonds. The van der Waals surface area contributed by atoms with E-state index in [0.29, 0.717) is 6.04 Å². The molecule has 0 aliphatic carbocycles. The molecule has 0 aromatic heterocycles. The third kappa shape index (κ3) is 3.81. The van der Waals surface area contributed by atoms with E-state index in [1.54, 1.807) is 7.11 Å². The first-order chi connectivity index (χ1) is 5.11. The maximum atomic E-state index is 5.08. The fourth-order valence-electron chi connectivity index (χ4n) is 0.595. The first kappa shape index (κ1) is 10.2. The quantitative estimate of drug-likeness (QED) is 0.344. The molecular weight excluding hydrogens is 138 g/mol. The highest BCUT2D eigenvalue weighted by Crippen LogP contribution is 1.91. The van der Waals surface area contributed by atoms with Gasteiger partial charge in [-0.3, -0.25) is 0 Å². The van der Waals surface area contributed by atoms with Gasteiger partial charge in [0.15, 0.2) is 5.76 Å². The van der Waals surface area contributed by atoms with Crippen LogP contribution in [0.4, 0.5) is 0 Å². The Kier molecular flexibility index (Phi) is 4.59. The highest BCUT2D eigenvalue weighted by molar-refractivity contribution is 5.71. The van der Waals surface area contributed by atoms with Crippen LogP contribution in [-0.2, 0) is 4.74 Å². The summed E-state index contributed by atoms with van der Waals surface area (Å²) in [5, 5.41) is 0. The molecule has 0 saturated heterocycles. The van der Waals surface area contributed by atoms with E-state index in [1.807, 2.05) is 26.3 Å². The zero-order valence-corrected chi connectivity index (χ0v) is 8.09. The summed E-state index contributed by atoms with van der Waals surface area (Å²) in [4.78, 5) is 0. The summed E-state index contributed by atoms with van der Waals surface area (Å²) in [5.41, 5.74) is 0. The van der Waals surface area contributed by atoms with E-state index in [4.69, 9.17) is 4.74 Å². The summed E-state index contributed by atoms with van der Waals surface area (Å²) in [5.74, 6) is 0.904. The summed E-state index contributed by atoms with van der Waals surface area (Å²) >= 11 is 0. The largest absolute Gasteiger partial charge is 0.491 e. The molecule has 0 saturated carbocycles. The van der Waals surface area contributed by atoms with E-state index < -0.39 is 0 Å². The Hall–Kier alpha value is -0.790. The molecule has 0 N–H and O–H groups in total. The van der Waals surface area contributed by atoms with E-state index >= 15 is 0 Å². The minimum Gasteiger partial charge on any atom is -0.491 e. The molecule has 0 rings (SSSR count). The van der Waals surface area contributed by atoms with Gasteiger partial charge in [-0.15, -0.1) is 0 Å². The van der Waals surface area contributed by atoms with E-state index in [0.717, 1.165) is 5.76 Å². The summed E-state index contributed by atoms with van der Waals surface area (Å²) in [6.45, 7) is 6.24. The van der Waals surface area contributed by atoms with Crippen molar-refractivity contribution in [1.29, 1.82) is 0 Å². The highest BCUT2D eigenvalue weighted by atomic mass is 16.5. The Morgan fingerprint density at radius 3 is 2.27 bits per heavy atom. The van der Waals surface area contributed by atoms with Crippen LogP contribution in [0.2, 0.25) is 0 Å². The second-order valence-corrected chi connectivity index (χ2v) is 2.78. The van der Waals surface area contributed by atoms with Crippen LogP contribution in [0, 0.1) is 0 Å². The Balaban J connectivity index is 4.28. The number of hydrogen-bond donors (Lipinski definition) is 0. The van der Waals surface area contributed by atoms with E-state index in [1.165, 1.54) is 0 Å². The number of nitrogens with zero attached hydrogens (tertiary/aromatic N) is 1. The topological polar surface area (TPSA) is 12.2 Å². The number of allylic oxidation sites excluding steroid dienone is 2. The third-order valence-corrected chi connectivity index (χ3v) is 1.67. The van der Waals surface area contributed by atoms with Gasteiger partial charge < -0.3 is 4.74 Å². The lowest BCUT2D eigenvalue weighted by molar-refractivity contribution is -0.525. The molecule has 11 heavy (non-hydrogen) atoms. The van der Waals surface area contributed by atoms with Crippen LogP contribution >= 0.6 is 0 Å². The third-order valence-electron chi connectivity index (χ3n) is 1.67. The maximum absolute atomic E-state index is 5.08. The van der Waals surface area contributed by atoms with Crippen molar-refractivity contribution < 1.29 is 9.31 Å². The molecular formula is C9H18NO+. The monoisotopic (exact) mass is 156 g/mol. The molecule has 0 aromatic rings. The van der Waals surface area contributed by atoms with Crippen LogP contribution in [0.1, 0.15) is 20.8 Å². The van der Waals surface area contributed by atoms with E-state index in [-0.39, 0.29) is 0 Å². The summed E-state index contributed by atoms with van der Waals surface area (Å²) in [7, 11) is 3.72. The van der Waals surface area contributed by atoms with Crippen molar-refractivity contribution in [1.82, 2.24) is 0 Å². The Labute approximate surface area is 69.2 Å². The van der Waals surface area contributed by atoms with Gasteiger partial charge in [-0.05, 0) is 26.8 Å². The van der Waals surface area contributed by atoms with Crippen LogP contribution in [-0.4, -0.2) is 31.0 Å². The van der Waals surface area contributed by atoms with Gasteiger partial charge in [-0.2, -0.15) is 0 Å². The van der Waals surface area contributed by atoms with E-state index in [2.05, 4.69) is 18.4 Å². The van der Waals surface area contributed by atoms with Crippen LogP contribution in [0.25, 0.3) is 0 Å². The lowest BCUT2D eigenvalue weighted by Gasteiger charge is -2.01. The standard InChI is InChI=1S/C9H18NO/c1-6-9(11-5)7-10(4)8(2)3/h6-8H,1-5H3/q+1/b9-6+,10-7?. The zero-order valence-electron chi connectivity index (χ0n) is 8.09. The SMILES string of the molecule is C/C=C(\C=[N+](C)C(C)C)OC. The molecule has 0 aromatic carbocycles. The molecule has 0 aliphatic rings. The molecule has 2 heteroatoms. The number of methoxy groups -OCH3 is 1. The molecule has 0 spiro atoms. The molecule has 0 atom stereocenters. The first-order valence-electron chi connectivity index (χ1n) is 3.89. The molecule has 0 aliphatic heterocycles. The van der Waals surface area contributed by atoms with Crippen molar-refractivity contribution in [3.05, 3.63) is 11.8 Å². The summed E-state index contributed by atoms with van der Waals surface area (Å²) in [6.07, 6.45) is 3.93. The Morgan fingerprint density at radius 2 is 2.00 bits per heavy atom. The van der Waals surface area contributed by atoms with Gasteiger partial charge in [0.2, 0.25) is 6.21 Å². The van der Waals surface area contributed by atoms with Crippen molar-refractivity contribution in [2.45, 2.75) is 26.8 Å². The van der Waals surface area contributed by atoms with Gasteiger partial charge in [0.25, 0.3) is 0 Å². The lowest BCUT2D eigenvalue weighted by atomic mass is 10.4. The number of hydrogen-bond acceptors (Lipinski definition) is 1. The van der Waals surface area contributed by atoms with E-state index in [9.17, 15) is 0 Å². The summed E-state index contributed by atoms with van der Waals surface area (Å²) < 4.78 is 7.19. The minimum atomic E-state index is 0.514. The van der Waals surface area contributed by atoms with Gasteiger partial charge in [-0.1, -0.05) is 0 Å². The van der Waals surface area contributed by atoms with Crippen LogP contribution in [0.3, 0.4) is 0 Å². The maximum Gasteiger partial charge on any atom is 0.205 e. The van der Waals surface area contributed by atoms with Crippen LogP contribution in [0.15, 0.2) is 11.8 Å². The fraction of sp³-hybridized carbons (Fsp3) is 0.667. The van der Waals surface area contributed by atoms with Crippen molar-refractivity contribution in [2.75, 3.05) is 14.2 Å². The van der Waals surface area contributed by atoms with Gasteiger partial charge in [0.05, 0.1) is 7.11 Å².